The normalized spacial score (nSPS) is 39.5. The number of hydrogen-bond acceptors (Lipinski definition) is 0. The van der Waals surface area contributed by atoms with Crippen LogP contribution in [-0.2, 0) is 0 Å². The van der Waals surface area contributed by atoms with Crippen molar-refractivity contribution in [1.82, 2.24) is 0 Å². The highest BCUT2D eigenvalue weighted by Crippen LogP contribution is 2.57. The predicted octanol–water partition coefficient (Wildman–Crippen LogP) is 3.24. The third kappa shape index (κ3) is 1.25. The summed E-state index contributed by atoms with van der Waals surface area (Å²) in [6.07, 6.45) is 5.94. The van der Waals surface area contributed by atoms with E-state index in [1.165, 1.54) is 6.42 Å². The Morgan fingerprint density at radius 2 is 2.10 bits per heavy atom. The summed E-state index contributed by atoms with van der Waals surface area (Å²) in [7, 11) is 0. The van der Waals surface area contributed by atoms with Crippen molar-refractivity contribution in [2.24, 2.45) is 17.3 Å². The Bertz CT molecular complexity index is 144. The quantitative estimate of drug-likeness (QED) is 0.514. The summed E-state index contributed by atoms with van der Waals surface area (Å²) in [6, 6.07) is 0. The fourth-order valence-corrected chi connectivity index (χ4v) is 1.98. The molecule has 0 radical (unpaired) electrons. The van der Waals surface area contributed by atoms with Crippen molar-refractivity contribution >= 4 is 0 Å². The molecule has 0 amide bonds. The largest absolute Gasteiger partial charge is 0.0911 e. The molecule has 1 saturated carbocycles. The molecule has 0 bridgehead atoms. The van der Waals surface area contributed by atoms with Gasteiger partial charge in [-0.2, -0.15) is 0 Å². The lowest BCUT2D eigenvalue weighted by atomic mass is 9.99. The maximum Gasteiger partial charge on any atom is -0.0113 e. The summed E-state index contributed by atoms with van der Waals surface area (Å²) in [4.78, 5) is 0. The van der Waals surface area contributed by atoms with Crippen molar-refractivity contribution in [3.63, 3.8) is 0 Å². The predicted molar refractivity (Wildman–Crippen MR) is 45.9 cm³/mol. The molecule has 2 unspecified atom stereocenters. The van der Waals surface area contributed by atoms with Crippen LogP contribution >= 0.6 is 0 Å². The van der Waals surface area contributed by atoms with Crippen LogP contribution in [0.4, 0.5) is 0 Å². The lowest BCUT2D eigenvalue weighted by molar-refractivity contribution is 0.482. The van der Waals surface area contributed by atoms with E-state index in [2.05, 4.69) is 39.8 Å². The Labute approximate surface area is 64.3 Å². The van der Waals surface area contributed by atoms with Gasteiger partial charge in [-0.1, -0.05) is 32.9 Å². The maximum atomic E-state index is 2.36. The van der Waals surface area contributed by atoms with Crippen molar-refractivity contribution in [3.05, 3.63) is 12.2 Å². The molecule has 0 heteroatoms. The van der Waals surface area contributed by atoms with Crippen LogP contribution in [0.15, 0.2) is 12.2 Å². The highest BCUT2D eigenvalue weighted by molar-refractivity contribution is 5.12. The van der Waals surface area contributed by atoms with Crippen molar-refractivity contribution in [3.8, 4) is 0 Å². The topological polar surface area (TPSA) is 0 Å². The summed E-state index contributed by atoms with van der Waals surface area (Å²) in [5.74, 6) is 1.81. The van der Waals surface area contributed by atoms with Gasteiger partial charge >= 0.3 is 0 Å². The summed E-state index contributed by atoms with van der Waals surface area (Å²) in [5, 5.41) is 0. The lowest BCUT2D eigenvalue weighted by Gasteiger charge is -2.06. The van der Waals surface area contributed by atoms with Crippen LogP contribution in [0.2, 0.25) is 0 Å². The third-order valence-electron chi connectivity index (χ3n) is 2.70. The van der Waals surface area contributed by atoms with Crippen LogP contribution < -0.4 is 0 Å². The standard InChI is InChI=1S/C10H18/c1-5-6-10(4)7-9(10)8(2)3/h5-6,8-9H,7H2,1-4H3. The molecule has 0 saturated heterocycles. The zero-order valence-electron chi connectivity index (χ0n) is 7.52. The van der Waals surface area contributed by atoms with E-state index in [0.29, 0.717) is 5.41 Å². The van der Waals surface area contributed by atoms with Crippen LogP contribution in [0.1, 0.15) is 34.1 Å². The fourth-order valence-electron chi connectivity index (χ4n) is 1.98. The first-order valence-electron chi connectivity index (χ1n) is 4.24. The SMILES string of the molecule is CC=CC1(C)CC1C(C)C. The van der Waals surface area contributed by atoms with E-state index in [-0.39, 0.29) is 0 Å². The second-order valence-corrected chi connectivity index (χ2v) is 4.06. The summed E-state index contributed by atoms with van der Waals surface area (Å²) in [6.45, 7) is 9.11. The molecule has 0 spiro atoms. The minimum atomic E-state index is 0.558. The molecular weight excluding hydrogens is 120 g/mol. The average molecular weight is 138 g/mol. The molecule has 0 heterocycles. The molecule has 2 atom stereocenters. The molecule has 0 aromatic rings. The Morgan fingerprint density at radius 3 is 2.40 bits per heavy atom. The fraction of sp³-hybridized carbons (Fsp3) is 0.800. The van der Waals surface area contributed by atoms with Crippen LogP contribution in [0, 0.1) is 17.3 Å². The summed E-state index contributed by atoms with van der Waals surface area (Å²) in [5.41, 5.74) is 0.558. The zero-order valence-corrected chi connectivity index (χ0v) is 7.52. The number of rotatable bonds is 2. The van der Waals surface area contributed by atoms with Gasteiger partial charge in [0.25, 0.3) is 0 Å². The minimum absolute atomic E-state index is 0.558. The smallest absolute Gasteiger partial charge is 0.0113 e. The van der Waals surface area contributed by atoms with E-state index < -0.39 is 0 Å². The van der Waals surface area contributed by atoms with Gasteiger partial charge in [-0.3, -0.25) is 0 Å². The molecule has 0 nitrogen and oxygen atoms in total. The second kappa shape index (κ2) is 2.41. The van der Waals surface area contributed by atoms with Gasteiger partial charge in [0.1, 0.15) is 0 Å². The van der Waals surface area contributed by atoms with Gasteiger partial charge in [0.15, 0.2) is 0 Å². The molecule has 1 fully saturated rings. The van der Waals surface area contributed by atoms with Crippen LogP contribution in [0.3, 0.4) is 0 Å². The number of allylic oxidation sites excluding steroid dienone is 2. The van der Waals surface area contributed by atoms with Crippen LogP contribution in [0.5, 0.6) is 0 Å². The van der Waals surface area contributed by atoms with E-state index in [4.69, 9.17) is 0 Å². The Hall–Kier alpha value is -0.260. The Morgan fingerprint density at radius 1 is 1.50 bits per heavy atom. The molecule has 10 heavy (non-hydrogen) atoms. The Balaban J connectivity index is 2.48. The zero-order chi connectivity index (χ0) is 7.78. The lowest BCUT2D eigenvalue weighted by Crippen LogP contribution is -1.98. The van der Waals surface area contributed by atoms with Crippen molar-refractivity contribution in [2.75, 3.05) is 0 Å². The van der Waals surface area contributed by atoms with Crippen LogP contribution in [-0.4, -0.2) is 0 Å². The van der Waals surface area contributed by atoms with Gasteiger partial charge < -0.3 is 0 Å². The van der Waals surface area contributed by atoms with Crippen molar-refractivity contribution in [2.45, 2.75) is 34.1 Å². The molecule has 0 N–H and O–H groups in total. The summed E-state index contributed by atoms with van der Waals surface area (Å²) >= 11 is 0. The minimum Gasteiger partial charge on any atom is -0.0911 e. The first kappa shape index (κ1) is 7.84. The maximum absolute atomic E-state index is 2.36. The van der Waals surface area contributed by atoms with E-state index >= 15 is 0 Å². The van der Waals surface area contributed by atoms with Gasteiger partial charge in [0.2, 0.25) is 0 Å². The van der Waals surface area contributed by atoms with Gasteiger partial charge in [0, 0.05) is 0 Å². The molecule has 0 aliphatic heterocycles. The molecule has 1 aliphatic rings. The third-order valence-corrected chi connectivity index (χ3v) is 2.70. The highest BCUT2D eigenvalue weighted by Gasteiger charge is 2.48. The first-order chi connectivity index (χ1) is 4.60. The highest BCUT2D eigenvalue weighted by atomic mass is 14.5. The molecule has 0 aromatic carbocycles. The summed E-state index contributed by atoms with van der Waals surface area (Å²) < 4.78 is 0. The van der Waals surface area contributed by atoms with Crippen molar-refractivity contribution < 1.29 is 0 Å². The monoisotopic (exact) mass is 138 g/mol. The van der Waals surface area contributed by atoms with Crippen LogP contribution in [0.25, 0.3) is 0 Å². The van der Waals surface area contributed by atoms with Crippen molar-refractivity contribution in [1.29, 1.82) is 0 Å². The van der Waals surface area contributed by atoms with Gasteiger partial charge in [-0.05, 0) is 30.6 Å². The number of hydrogen-bond donors (Lipinski definition) is 0. The van der Waals surface area contributed by atoms with E-state index in [9.17, 15) is 0 Å². The molecule has 1 rings (SSSR count). The average Bonchev–Trinajstić information content (AvgIpc) is 2.43. The molecule has 58 valence electrons. The first-order valence-corrected chi connectivity index (χ1v) is 4.24. The van der Waals surface area contributed by atoms with Gasteiger partial charge in [0.05, 0.1) is 0 Å². The van der Waals surface area contributed by atoms with E-state index in [1.807, 2.05) is 0 Å². The van der Waals surface area contributed by atoms with E-state index in [0.717, 1.165) is 11.8 Å². The second-order valence-electron chi connectivity index (χ2n) is 4.06. The Kier molecular flexibility index (Phi) is 1.89. The molecule has 1 aliphatic carbocycles. The van der Waals surface area contributed by atoms with E-state index in [1.54, 1.807) is 0 Å². The molecule has 0 aromatic heterocycles. The molecular formula is C10H18. The van der Waals surface area contributed by atoms with Gasteiger partial charge in [-0.25, -0.2) is 0 Å². The van der Waals surface area contributed by atoms with Gasteiger partial charge in [-0.15, -0.1) is 0 Å².